The van der Waals surface area contributed by atoms with Crippen LogP contribution in [-0.2, 0) is 0 Å². The Morgan fingerprint density at radius 3 is 2.60 bits per heavy atom. The molecule has 0 unspecified atom stereocenters. The van der Waals surface area contributed by atoms with Gasteiger partial charge in [0, 0.05) is 11.8 Å². The number of hydrogen-bond acceptors (Lipinski definition) is 3. The van der Waals surface area contributed by atoms with E-state index >= 15 is 0 Å². The number of benzene rings is 1. The molecule has 0 saturated heterocycles. The van der Waals surface area contributed by atoms with Crippen molar-refractivity contribution in [1.82, 2.24) is 4.98 Å². The number of amides is 1. The molecule has 4 nitrogen and oxygen atoms in total. The lowest BCUT2D eigenvalue weighted by Gasteiger charge is -2.10. The number of nitrogens with two attached hydrogens (primary N) is 1. The zero-order chi connectivity index (χ0) is 14.9. The molecule has 2 aromatic rings. The normalized spacial score (nSPS) is 10.4. The first-order valence-corrected chi connectivity index (χ1v) is 6.37. The molecule has 2 rings (SSSR count). The van der Waals surface area contributed by atoms with Gasteiger partial charge in [0.15, 0.2) is 11.6 Å². The van der Waals surface area contributed by atoms with Gasteiger partial charge in [-0.05, 0) is 41.1 Å². The van der Waals surface area contributed by atoms with Gasteiger partial charge >= 0.3 is 0 Å². The summed E-state index contributed by atoms with van der Waals surface area (Å²) in [6.45, 7) is 1.70. The number of nitrogens with zero attached hydrogens (tertiary/aromatic N) is 1. The van der Waals surface area contributed by atoms with E-state index in [0.29, 0.717) is 16.0 Å². The second-order valence-corrected chi connectivity index (χ2v) is 4.89. The summed E-state index contributed by atoms with van der Waals surface area (Å²) in [5, 5.41) is 2.55. The van der Waals surface area contributed by atoms with E-state index < -0.39 is 17.5 Å². The topological polar surface area (TPSA) is 68.0 Å². The van der Waals surface area contributed by atoms with Crippen LogP contribution in [0.1, 0.15) is 16.1 Å². The fourth-order valence-electron chi connectivity index (χ4n) is 1.61. The number of halogens is 3. The monoisotopic (exact) mass is 341 g/mol. The summed E-state index contributed by atoms with van der Waals surface area (Å²) in [4.78, 5) is 16.1. The van der Waals surface area contributed by atoms with Gasteiger partial charge in [-0.25, -0.2) is 13.8 Å². The molecule has 20 heavy (non-hydrogen) atoms. The van der Waals surface area contributed by atoms with Crippen LogP contribution in [0.25, 0.3) is 0 Å². The van der Waals surface area contributed by atoms with Crippen molar-refractivity contribution in [2.45, 2.75) is 6.92 Å². The van der Waals surface area contributed by atoms with Crippen LogP contribution >= 0.6 is 15.9 Å². The van der Waals surface area contributed by atoms with Crippen molar-refractivity contribution >= 4 is 33.2 Å². The Balaban J connectivity index is 2.31. The Labute approximate surface area is 122 Å². The third kappa shape index (κ3) is 2.93. The van der Waals surface area contributed by atoms with E-state index in [2.05, 4.69) is 26.2 Å². The molecule has 3 N–H and O–H groups in total. The zero-order valence-corrected chi connectivity index (χ0v) is 12.0. The van der Waals surface area contributed by atoms with E-state index in [-0.39, 0.29) is 11.3 Å². The fraction of sp³-hybridized carbons (Fsp3) is 0.0769. The Kier molecular flexibility index (Phi) is 3.99. The second kappa shape index (κ2) is 5.54. The van der Waals surface area contributed by atoms with Crippen molar-refractivity contribution in [2.75, 3.05) is 11.1 Å². The van der Waals surface area contributed by atoms with Crippen molar-refractivity contribution in [3.8, 4) is 0 Å². The first-order chi connectivity index (χ1) is 9.38. The molecule has 0 saturated carbocycles. The number of rotatable bonds is 2. The Bertz CT molecular complexity index is 692. The number of carbonyl (C=O) groups excluding carboxylic acids is 1. The van der Waals surface area contributed by atoms with Gasteiger partial charge in [0.1, 0.15) is 4.60 Å². The number of nitrogen functional groups attached to an aromatic ring is 1. The Hall–Kier alpha value is -2.02. The molecule has 1 amide bonds. The van der Waals surface area contributed by atoms with Crippen LogP contribution in [-0.4, -0.2) is 10.9 Å². The van der Waals surface area contributed by atoms with Gasteiger partial charge in [0.05, 0.1) is 16.9 Å². The SMILES string of the molecule is Cc1nc(Br)ccc1NC(=O)c1cc(F)c(F)cc1N. The smallest absolute Gasteiger partial charge is 0.257 e. The number of carbonyl (C=O) groups is 1. The van der Waals surface area contributed by atoms with Crippen LogP contribution < -0.4 is 11.1 Å². The summed E-state index contributed by atoms with van der Waals surface area (Å²) in [7, 11) is 0. The highest BCUT2D eigenvalue weighted by Gasteiger charge is 2.15. The molecular weight excluding hydrogens is 332 g/mol. The van der Waals surface area contributed by atoms with E-state index in [0.717, 1.165) is 12.1 Å². The van der Waals surface area contributed by atoms with Gasteiger partial charge in [-0.15, -0.1) is 0 Å². The van der Waals surface area contributed by atoms with E-state index in [9.17, 15) is 13.6 Å². The summed E-state index contributed by atoms with van der Waals surface area (Å²) >= 11 is 3.20. The molecule has 104 valence electrons. The molecule has 1 aromatic heterocycles. The first kappa shape index (κ1) is 14.4. The van der Waals surface area contributed by atoms with Crippen molar-refractivity contribution in [2.24, 2.45) is 0 Å². The number of pyridine rings is 1. The molecule has 0 atom stereocenters. The maximum Gasteiger partial charge on any atom is 0.257 e. The Morgan fingerprint density at radius 1 is 1.30 bits per heavy atom. The van der Waals surface area contributed by atoms with Crippen molar-refractivity contribution in [3.63, 3.8) is 0 Å². The predicted molar refractivity (Wildman–Crippen MR) is 75.4 cm³/mol. The molecule has 0 fully saturated rings. The molecule has 1 heterocycles. The number of hydrogen-bond donors (Lipinski definition) is 2. The molecule has 0 radical (unpaired) electrons. The summed E-state index contributed by atoms with van der Waals surface area (Å²) in [5.41, 5.74) is 6.29. The maximum atomic E-state index is 13.2. The van der Waals surface area contributed by atoms with Crippen molar-refractivity contribution < 1.29 is 13.6 Å². The van der Waals surface area contributed by atoms with E-state index in [1.807, 2.05) is 0 Å². The van der Waals surface area contributed by atoms with Crippen LogP contribution in [0.15, 0.2) is 28.9 Å². The summed E-state index contributed by atoms with van der Waals surface area (Å²) in [5.74, 6) is -2.86. The Morgan fingerprint density at radius 2 is 1.95 bits per heavy atom. The maximum absolute atomic E-state index is 13.2. The molecule has 0 spiro atoms. The van der Waals surface area contributed by atoms with Crippen LogP contribution in [0.3, 0.4) is 0 Å². The van der Waals surface area contributed by atoms with E-state index in [1.165, 1.54) is 0 Å². The zero-order valence-electron chi connectivity index (χ0n) is 10.4. The van der Waals surface area contributed by atoms with Gasteiger partial charge in [-0.2, -0.15) is 0 Å². The molecule has 0 aliphatic carbocycles. The fourth-order valence-corrected chi connectivity index (χ4v) is 2.01. The van der Waals surface area contributed by atoms with E-state index in [1.54, 1.807) is 19.1 Å². The summed E-state index contributed by atoms with van der Waals surface area (Å²) in [6.07, 6.45) is 0. The number of nitrogens with one attached hydrogen (secondary N) is 1. The lowest BCUT2D eigenvalue weighted by Crippen LogP contribution is -2.16. The van der Waals surface area contributed by atoms with Crippen LogP contribution in [0.5, 0.6) is 0 Å². The van der Waals surface area contributed by atoms with Crippen LogP contribution in [0.2, 0.25) is 0 Å². The van der Waals surface area contributed by atoms with Gasteiger partial charge in [0.2, 0.25) is 0 Å². The summed E-state index contributed by atoms with van der Waals surface area (Å²) < 4.78 is 26.7. The second-order valence-electron chi connectivity index (χ2n) is 4.07. The molecule has 0 aliphatic heterocycles. The lowest BCUT2D eigenvalue weighted by atomic mass is 10.1. The average Bonchev–Trinajstić information content (AvgIpc) is 2.37. The largest absolute Gasteiger partial charge is 0.398 e. The quantitative estimate of drug-likeness (QED) is 0.650. The average molecular weight is 342 g/mol. The highest BCUT2D eigenvalue weighted by atomic mass is 79.9. The van der Waals surface area contributed by atoms with Gasteiger partial charge in [-0.3, -0.25) is 4.79 Å². The standard InChI is InChI=1S/C13H10BrF2N3O/c1-6-11(2-3-12(14)18-6)19-13(20)7-4-8(15)9(16)5-10(7)17/h2-5H,17H2,1H3,(H,19,20). The minimum absolute atomic E-state index is 0.133. The highest BCUT2D eigenvalue weighted by molar-refractivity contribution is 9.10. The molecule has 7 heteroatoms. The number of anilines is 2. The van der Waals surface area contributed by atoms with E-state index in [4.69, 9.17) is 5.73 Å². The van der Waals surface area contributed by atoms with Gasteiger partial charge in [-0.1, -0.05) is 0 Å². The van der Waals surface area contributed by atoms with Crippen molar-refractivity contribution in [1.29, 1.82) is 0 Å². The molecule has 0 aliphatic rings. The number of aryl methyl sites for hydroxylation is 1. The first-order valence-electron chi connectivity index (χ1n) is 5.57. The lowest BCUT2D eigenvalue weighted by molar-refractivity contribution is 0.102. The number of aromatic nitrogens is 1. The minimum atomic E-state index is -1.13. The van der Waals surface area contributed by atoms with Crippen LogP contribution in [0, 0.1) is 18.6 Å². The molecular formula is C13H10BrF2N3O. The predicted octanol–water partition coefficient (Wildman–Crippen LogP) is 3.27. The van der Waals surface area contributed by atoms with Gasteiger partial charge in [0.25, 0.3) is 5.91 Å². The summed E-state index contributed by atoms with van der Waals surface area (Å²) in [6, 6.07) is 4.83. The third-order valence-corrected chi connectivity index (χ3v) is 3.08. The molecule has 1 aromatic carbocycles. The van der Waals surface area contributed by atoms with Gasteiger partial charge < -0.3 is 11.1 Å². The van der Waals surface area contributed by atoms with Crippen molar-refractivity contribution in [3.05, 3.63) is 51.8 Å². The minimum Gasteiger partial charge on any atom is -0.398 e. The third-order valence-electron chi connectivity index (χ3n) is 2.64. The highest BCUT2D eigenvalue weighted by Crippen LogP contribution is 2.21. The molecule has 0 bridgehead atoms. The van der Waals surface area contributed by atoms with Crippen LogP contribution in [0.4, 0.5) is 20.2 Å².